The minimum absolute atomic E-state index is 0.0944. The van der Waals surface area contributed by atoms with Crippen LogP contribution in [0.4, 0.5) is 0 Å². The summed E-state index contributed by atoms with van der Waals surface area (Å²) in [4.78, 5) is 14.4. The van der Waals surface area contributed by atoms with E-state index >= 15 is 0 Å². The maximum absolute atomic E-state index is 13.4. The van der Waals surface area contributed by atoms with Crippen LogP contribution in [0.15, 0.2) is 95.9 Å². The van der Waals surface area contributed by atoms with Crippen LogP contribution in [0, 0.1) is 0 Å². The minimum Gasteiger partial charge on any atom is -0.452 e. The molecule has 8 heteroatoms. The molecule has 0 radical (unpaired) electrons. The molecule has 1 heterocycles. The van der Waals surface area contributed by atoms with Gasteiger partial charge in [0.2, 0.25) is 0 Å². The molecule has 3 aromatic rings. The van der Waals surface area contributed by atoms with Gasteiger partial charge in [0.05, 0.1) is 18.8 Å². The number of thioether (sulfide) groups is 1. The molecule has 4 rings (SSSR count). The van der Waals surface area contributed by atoms with Crippen LogP contribution in [0.25, 0.3) is 0 Å². The van der Waals surface area contributed by atoms with Gasteiger partial charge >= 0.3 is 5.97 Å². The molecule has 0 aliphatic carbocycles. The number of hydrogen-bond donors (Lipinski definition) is 1. The van der Waals surface area contributed by atoms with Crippen LogP contribution >= 0.6 is 11.8 Å². The van der Waals surface area contributed by atoms with Crippen LogP contribution in [0.3, 0.4) is 0 Å². The first-order valence-electron chi connectivity index (χ1n) is 13.7. The Balaban J connectivity index is 1.73. The quantitative estimate of drug-likeness (QED) is 0.211. The van der Waals surface area contributed by atoms with Crippen molar-refractivity contribution in [2.75, 3.05) is 6.61 Å². The van der Waals surface area contributed by atoms with Crippen molar-refractivity contribution >= 4 is 26.0 Å². The lowest BCUT2D eigenvalue weighted by Gasteiger charge is -2.49. The summed E-state index contributed by atoms with van der Waals surface area (Å²) in [6.07, 6.45) is -2.80. The minimum atomic E-state index is -2.35. The lowest BCUT2D eigenvalue weighted by molar-refractivity contribution is -0.219. The highest BCUT2D eigenvalue weighted by Gasteiger charge is 2.53. The van der Waals surface area contributed by atoms with Crippen molar-refractivity contribution in [3.05, 3.63) is 102 Å². The lowest BCUT2D eigenvalue weighted by Crippen LogP contribution is -2.63. The van der Waals surface area contributed by atoms with E-state index in [4.69, 9.17) is 18.6 Å². The molecule has 0 unspecified atom stereocenters. The van der Waals surface area contributed by atoms with E-state index in [9.17, 15) is 9.90 Å². The molecular weight excluding hydrogens is 540 g/mol. The van der Waals surface area contributed by atoms with Gasteiger partial charge in [0, 0.05) is 4.90 Å². The lowest BCUT2D eigenvalue weighted by atomic mass is 9.99. The van der Waals surface area contributed by atoms with E-state index in [-0.39, 0.29) is 11.6 Å². The van der Waals surface area contributed by atoms with E-state index < -0.39 is 44.1 Å². The Labute approximate surface area is 243 Å². The van der Waals surface area contributed by atoms with Gasteiger partial charge in [0.15, 0.2) is 14.4 Å². The van der Waals surface area contributed by atoms with Crippen LogP contribution in [0.5, 0.6) is 0 Å². The first-order valence-corrected chi connectivity index (χ1v) is 17.5. The first kappa shape index (κ1) is 30.5. The van der Waals surface area contributed by atoms with Gasteiger partial charge in [-0.05, 0) is 48.0 Å². The van der Waals surface area contributed by atoms with Crippen molar-refractivity contribution in [1.29, 1.82) is 0 Å². The molecule has 40 heavy (non-hydrogen) atoms. The van der Waals surface area contributed by atoms with Gasteiger partial charge in [-0.1, -0.05) is 99.3 Å². The summed E-state index contributed by atoms with van der Waals surface area (Å²) in [5, 5.41) is 10.4. The fraction of sp³-hybridized carbons (Fsp3) is 0.406. The number of rotatable bonds is 10. The number of aliphatic hydroxyl groups excluding tert-OH is 1. The van der Waals surface area contributed by atoms with Crippen molar-refractivity contribution in [3.63, 3.8) is 0 Å². The predicted octanol–water partition coefficient (Wildman–Crippen LogP) is 6.70. The Morgan fingerprint density at radius 3 is 2.02 bits per heavy atom. The van der Waals surface area contributed by atoms with Crippen LogP contribution in [0.2, 0.25) is 18.1 Å². The van der Waals surface area contributed by atoms with Crippen molar-refractivity contribution in [3.8, 4) is 0 Å². The average molecular weight is 581 g/mol. The zero-order chi connectivity index (χ0) is 28.8. The van der Waals surface area contributed by atoms with Crippen LogP contribution in [0.1, 0.15) is 36.7 Å². The molecule has 1 fully saturated rings. The third-order valence-electron chi connectivity index (χ3n) is 7.54. The summed E-state index contributed by atoms with van der Waals surface area (Å²) in [6.45, 7) is 10.8. The summed E-state index contributed by atoms with van der Waals surface area (Å²) in [5.41, 5.74) is 0.798. The Kier molecular flexibility index (Phi) is 10.3. The molecule has 214 valence electrons. The monoisotopic (exact) mass is 580 g/mol. The van der Waals surface area contributed by atoms with E-state index in [1.807, 2.05) is 66.7 Å². The van der Waals surface area contributed by atoms with Crippen molar-refractivity contribution < 1.29 is 28.5 Å². The molecule has 0 saturated carbocycles. The average Bonchev–Trinajstić information content (AvgIpc) is 2.94. The van der Waals surface area contributed by atoms with E-state index in [1.165, 1.54) is 11.8 Å². The third kappa shape index (κ3) is 7.63. The molecular formula is C32H40O6SSi. The molecule has 5 atom stereocenters. The van der Waals surface area contributed by atoms with E-state index in [0.717, 1.165) is 10.5 Å². The van der Waals surface area contributed by atoms with Gasteiger partial charge in [-0.2, -0.15) is 0 Å². The van der Waals surface area contributed by atoms with Crippen molar-refractivity contribution in [1.82, 2.24) is 0 Å². The van der Waals surface area contributed by atoms with Gasteiger partial charge < -0.3 is 23.7 Å². The molecule has 1 aliphatic heterocycles. The molecule has 0 bridgehead atoms. The number of hydrogen-bond acceptors (Lipinski definition) is 7. The van der Waals surface area contributed by atoms with Gasteiger partial charge in [-0.15, -0.1) is 0 Å². The Bertz CT molecular complexity index is 1200. The summed E-state index contributed by atoms with van der Waals surface area (Å²) < 4.78 is 26.2. The van der Waals surface area contributed by atoms with Crippen molar-refractivity contribution in [2.45, 2.75) is 80.3 Å². The maximum Gasteiger partial charge on any atom is 0.338 e. The van der Waals surface area contributed by atoms with E-state index in [1.54, 1.807) is 24.3 Å². The van der Waals surface area contributed by atoms with Gasteiger partial charge in [-0.3, -0.25) is 0 Å². The molecule has 0 aromatic heterocycles. The molecule has 6 nitrogen and oxygen atoms in total. The molecule has 1 aliphatic rings. The number of ether oxygens (including phenoxy) is 3. The second-order valence-corrected chi connectivity index (χ2v) is 17.4. The molecule has 1 N–H and O–H groups in total. The number of carbonyl (C=O) groups excluding carboxylic acids is 1. The first-order chi connectivity index (χ1) is 19.1. The van der Waals surface area contributed by atoms with Gasteiger partial charge in [0.25, 0.3) is 0 Å². The van der Waals surface area contributed by atoms with Crippen LogP contribution in [-0.2, 0) is 25.2 Å². The largest absolute Gasteiger partial charge is 0.452 e. The van der Waals surface area contributed by atoms with E-state index in [2.05, 4.69) is 33.9 Å². The van der Waals surface area contributed by atoms with E-state index in [0.29, 0.717) is 12.2 Å². The Hall–Kier alpha value is -2.46. The summed E-state index contributed by atoms with van der Waals surface area (Å²) in [7, 11) is -2.35. The number of benzene rings is 3. The van der Waals surface area contributed by atoms with Crippen LogP contribution in [-0.4, -0.2) is 55.9 Å². The van der Waals surface area contributed by atoms with Crippen molar-refractivity contribution in [2.24, 2.45) is 0 Å². The molecule has 1 saturated heterocycles. The second kappa shape index (κ2) is 13.5. The number of carbonyl (C=O) groups is 1. The topological polar surface area (TPSA) is 74.2 Å². The number of esters is 1. The summed E-state index contributed by atoms with van der Waals surface area (Å²) >= 11 is 1.45. The van der Waals surface area contributed by atoms with Gasteiger partial charge in [-0.25, -0.2) is 4.79 Å². The highest BCUT2D eigenvalue weighted by atomic mass is 32.2. The fourth-order valence-corrected chi connectivity index (χ4v) is 6.71. The molecule has 0 spiro atoms. The highest BCUT2D eigenvalue weighted by Crippen LogP contribution is 2.42. The molecule has 0 amide bonds. The Morgan fingerprint density at radius 1 is 0.875 bits per heavy atom. The second-order valence-electron chi connectivity index (χ2n) is 11.5. The number of aliphatic hydroxyl groups is 1. The summed E-state index contributed by atoms with van der Waals surface area (Å²) in [5.74, 6) is -0.463. The maximum atomic E-state index is 13.4. The normalized spacial score (nSPS) is 23.5. The Morgan fingerprint density at radius 2 is 1.45 bits per heavy atom. The SMILES string of the molecule is CC(C)(C)[Si](C)(C)O[C@H]1[C@H](OCc2ccccc2)[C@@H](OC(=O)c2ccccc2)[C@H](Sc2ccccc2)O[C@@H]1CO. The summed E-state index contributed by atoms with van der Waals surface area (Å²) in [6, 6.07) is 28.6. The van der Waals surface area contributed by atoms with Gasteiger partial charge in [0.1, 0.15) is 23.7 Å². The van der Waals surface area contributed by atoms with Crippen LogP contribution < -0.4 is 0 Å². The predicted molar refractivity (Wildman–Crippen MR) is 161 cm³/mol. The zero-order valence-corrected chi connectivity index (χ0v) is 25.7. The standard InChI is InChI=1S/C32H40O6SSi/c1-32(2,3)40(4,5)38-27-26(21-33)36-31(39-25-19-13-8-14-20-25)29(37-30(34)24-17-11-7-12-18-24)28(27)35-22-23-15-9-6-10-16-23/h6-20,26-29,31,33H,21-22H2,1-5H3/t26-,27-,28+,29-,31+/m1/s1. The highest BCUT2D eigenvalue weighted by molar-refractivity contribution is 7.99. The molecule has 3 aromatic carbocycles. The third-order valence-corrected chi connectivity index (χ3v) is 13.2. The fourth-order valence-electron chi connectivity index (χ4n) is 4.26. The smallest absolute Gasteiger partial charge is 0.338 e. The zero-order valence-electron chi connectivity index (χ0n) is 23.9.